The van der Waals surface area contributed by atoms with Crippen LogP contribution in [-0.4, -0.2) is 23.9 Å². The van der Waals surface area contributed by atoms with Crippen LogP contribution in [0.4, 0.5) is 5.69 Å². The first-order valence-corrected chi connectivity index (χ1v) is 7.90. The molecule has 5 heteroatoms. The molecule has 24 heavy (non-hydrogen) atoms. The quantitative estimate of drug-likeness (QED) is 0.889. The minimum absolute atomic E-state index is 0.201. The molecule has 1 heterocycles. The van der Waals surface area contributed by atoms with Gasteiger partial charge >= 0.3 is 0 Å². The summed E-state index contributed by atoms with van der Waals surface area (Å²) in [6.07, 6.45) is 1.03. The van der Waals surface area contributed by atoms with Gasteiger partial charge in [0.15, 0.2) is 11.4 Å². The number of nitrogens with one attached hydrogen (secondary N) is 1. The lowest BCUT2D eigenvalue weighted by molar-refractivity contribution is -0.138. The number of fused-ring (bicyclic) bond motifs is 2. The van der Waals surface area contributed by atoms with E-state index in [9.17, 15) is 14.7 Å². The monoisotopic (exact) mass is 323 g/mol. The van der Waals surface area contributed by atoms with Crippen LogP contribution in [0.3, 0.4) is 0 Å². The molecule has 2 aromatic rings. The molecule has 122 valence electrons. The normalized spacial score (nSPS) is 25.0. The first-order chi connectivity index (χ1) is 11.6. The number of amides is 1. The van der Waals surface area contributed by atoms with Crippen molar-refractivity contribution in [2.75, 3.05) is 12.4 Å². The summed E-state index contributed by atoms with van der Waals surface area (Å²) in [5.74, 6) is -0.822. The second-order valence-electron chi connectivity index (χ2n) is 6.24. The Labute approximate surface area is 139 Å². The van der Waals surface area contributed by atoms with Gasteiger partial charge in [-0.25, -0.2) is 0 Å². The summed E-state index contributed by atoms with van der Waals surface area (Å²) in [6.45, 7) is 0. The van der Waals surface area contributed by atoms with E-state index >= 15 is 0 Å². The molecular weight excluding hydrogens is 306 g/mol. The highest BCUT2D eigenvalue weighted by molar-refractivity contribution is 6.11. The van der Waals surface area contributed by atoms with Gasteiger partial charge in [0.2, 0.25) is 0 Å². The van der Waals surface area contributed by atoms with Crippen molar-refractivity contribution in [1.82, 2.24) is 0 Å². The molecule has 1 aliphatic heterocycles. The molecule has 2 aliphatic rings. The number of ketones is 1. The molecule has 4 rings (SSSR count). The summed E-state index contributed by atoms with van der Waals surface area (Å²) >= 11 is 0. The minimum atomic E-state index is -1.81. The lowest BCUT2D eigenvalue weighted by Gasteiger charge is -2.33. The number of anilines is 1. The van der Waals surface area contributed by atoms with Gasteiger partial charge in [0.1, 0.15) is 5.75 Å². The van der Waals surface area contributed by atoms with Crippen molar-refractivity contribution in [3.8, 4) is 5.75 Å². The summed E-state index contributed by atoms with van der Waals surface area (Å²) in [5, 5.41) is 13.9. The van der Waals surface area contributed by atoms with E-state index in [1.807, 2.05) is 6.07 Å². The number of rotatable bonds is 2. The Bertz CT molecular complexity index is 860. The molecule has 0 bridgehead atoms. The molecule has 1 aliphatic carbocycles. The second-order valence-corrected chi connectivity index (χ2v) is 6.24. The maximum Gasteiger partial charge on any atom is 0.261 e. The Morgan fingerprint density at radius 2 is 2.00 bits per heavy atom. The van der Waals surface area contributed by atoms with Gasteiger partial charge in [0.25, 0.3) is 5.91 Å². The molecule has 0 radical (unpaired) electrons. The number of aryl methyl sites for hydroxylation is 1. The fraction of sp³-hybridized carbons (Fsp3) is 0.263. The lowest BCUT2D eigenvalue weighted by atomic mass is 9.71. The molecule has 2 unspecified atom stereocenters. The van der Waals surface area contributed by atoms with E-state index in [4.69, 9.17) is 4.74 Å². The first-order valence-electron chi connectivity index (χ1n) is 7.90. The number of para-hydroxylation sites is 1. The highest BCUT2D eigenvalue weighted by Crippen LogP contribution is 2.45. The number of Topliss-reactive ketones (excluding diaryl/α,β-unsaturated/α-hetero) is 1. The van der Waals surface area contributed by atoms with Gasteiger partial charge in [-0.15, -0.1) is 0 Å². The van der Waals surface area contributed by atoms with Crippen molar-refractivity contribution in [2.45, 2.75) is 18.4 Å². The average molecular weight is 323 g/mol. The van der Waals surface area contributed by atoms with Crippen molar-refractivity contribution in [2.24, 2.45) is 5.92 Å². The van der Waals surface area contributed by atoms with E-state index in [2.05, 4.69) is 5.32 Å². The molecule has 5 nitrogen and oxygen atoms in total. The zero-order valence-electron chi connectivity index (χ0n) is 13.2. The fourth-order valence-corrected chi connectivity index (χ4v) is 3.77. The molecule has 0 fully saturated rings. The van der Waals surface area contributed by atoms with Gasteiger partial charge < -0.3 is 15.2 Å². The van der Waals surface area contributed by atoms with E-state index < -0.39 is 17.4 Å². The first kappa shape index (κ1) is 14.9. The maximum absolute atomic E-state index is 13.0. The third-order valence-corrected chi connectivity index (χ3v) is 5.03. The zero-order chi connectivity index (χ0) is 16.9. The molecule has 0 aromatic heterocycles. The van der Waals surface area contributed by atoms with Crippen LogP contribution < -0.4 is 10.1 Å². The fourth-order valence-electron chi connectivity index (χ4n) is 3.77. The third kappa shape index (κ3) is 1.91. The maximum atomic E-state index is 13.0. The van der Waals surface area contributed by atoms with Crippen molar-refractivity contribution in [3.05, 3.63) is 59.2 Å². The predicted molar refractivity (Wildman–Crippen MR) is 88.1 cm³/mol. The van der Waals surface area contributed by atoms with Crippen LogP contribution in [0, 0.1) is 5.92 Å². The predicted octanol–water partition coefficient (Wildman–Crippen LogP) is 2.28. The highest BCUT2D eigenvalue weighted by Gasteiger charge is 2.54. The molecular formula is C19H17NO4. The van der Waals surface area contributed by atoms with Crippen molar-refractivity contribution >= 4 is 17.4 Å². The third-order valence-electron chi connectivity index (χ3n) is 5.03. The number of ether oxygens (including phenoxy) is 1. The number of methoxy groups -OCH3 is 1. The van der Waals surface area contributed by atoms with Gasteiger partial charge in [-0.05, 0) is 42.7 Å². The van der Waals surface area contributed by atoms with E-state index in [0.29, 0.717) is 35.4 Å². The Morgan fingerprint density at radius 1 is 1.21 bits per heavy atom. The van der Waals surface area contributed by atoms with E-state index in [0.717, 1.165) is 5.56 Å². The summed E-state index contributed by atoms with van der Waals surface area (Å²) in [4.78, 5) is 25.5. The number of carbonyl (C=O) groups excluding carboxylic acids is 2. The zero-order valence-corrected chi connectivity index (χ0v) is 13.2. The van der Waals surface area contributed by atoms with Crippen molar-refractivity contribution in [3.63, 3.8) is 0 Å². The van der Waals surface area contributed by atoms with Gasteiger partial charge in [-0.1, -0.05) is 18.2 Å². The smallest absolute Gasteiger partial charge is 0.261 e. The molecule has 2 atom stereocenters. The Morgan fingerprint density at radius 3 is 2.79 bits per heavy atom. The summed E-state index contributed by atoms with van der Waals surface area (Å²) < 4.78 is 5.20. The van der Waals surface area contributed by atoms with Crippen LogP contribution >= 0.6 is 0 Å². The molecule has 0 saturated carbocycles. The standard InChI is InChI=1S/C19H17NO4/c1-24-12-7-8-13-11(10-12)6-9-15(17(13)21)19(23)14-4-2-3-5-16(14)20-18(19)22/h2-5,7-8,10,15,23H,6,9H2,1H3,(H,20,22). The Balaban J connectivity index is 1.78. The van der Waals surface area contributed by atoms with Crippen molar-refractivity contribution < 1.29 is 19.4 Å². The largest absolute Gasteiger partial charge is 0.497 e. The molecule has 1 amide bonds. The van der Waals surface area contributed by atoms with Crippen LogP contribution in [0.5, 0.6) is 5.75 Å². The number of benzene rings is 2. The number of hydrogen-bond acceptors (Lipinski definition) is 4. The molecule has 0 saturated heterocycles. The average Bonchev–Trinajstić information content (AvgIpc) is 2.86. The van der Waals surface area contributed by atoms with Crippen LogP contribution in [0.25, 0.3) is 0 Å². The Hall–Kier alpha value is -2.66. The van der Waals surface area contributed by atoms with Gasteiger partial charge in [0.05, 0.1) is 13.0 Å². The van der Waals surface area contributed by atoms with E-state index in [-0.39, 0.29) is 5.78 Å². The summed E-state index contributed by atoms with van der Waals surface area (Å²) in [6, 6.07) is 12.3. The second kappa shape index (κ2) is 5.18. The summed E-state index contributed by atoms with van der Waals surface area (Å²) in [7, 11) is 1.58. The van der Waals surface area contributed by atoms with E-state index in [1.165, 1.54) is 0 Å². The number of carbonyl (C=O) groups is 2. The van der Waals surface area contributed by atoms with E-state index in [1.54, 1.807) is 43.5 Å². The lowest BCUT2D eigenvalue weighted by Crippen LogP contribution is -2.47. The van der Waals surface area contributed by atoms with Gasteiger partial charge in [0, 0.05) is 16.8 Å². The number of hydrogen-bond donors (Lipinski definition) is 2. The van der Waals surface area contributed by atoms with Crippen LogP contribution in [0.2, 0.25) is 0 Å². The van der Waals surface area contributed by atoms with Crippen LogP contribution in [0.15, 0.2) is 42.5 Å². The highest BCUT2D eigenvalue weighted by atomic mass is 16.5. The molecule has 2 aromatic carbocycles. The van der Waals surface area contributed by atoms with Crippen LogP contribution in [0.1, 0.15) is 27.9 Å². The van der Waals surface area contributed by atoms with Gasteiger partial charge in [-0.3, -0.25) is 9.59 Å². The summed E-state index contributed by atoms with van der Waals surface area (Å²) in [5.41, 5.74) is 0.679. The van der Waals surface area contributed by atoms with Crippen LogP contribution in [-0.2, 0) is 16.8 Å². The van der Waals surface area contributed by atoms with Crippen molar-refractivity contribution in [1.29, 1.82) is 0 Å². The molecule has 2 N–H and O–H groups in total. The SMILES string of the molecule is COc1ccc2c(c1)CCC(C1(O)C(=O)Nc3ccccc31)C2=O. The topological polar surface area (TPSA) is 75.6 Å². The van der Waals surface area contributed by atoms with Gasteiger partial charge in [-0.2, -0.15) is 0 Å². The number of aliphatic hydroxyl groups is 1. The molecule has 0 spiro atoms. The Kier molecular flexibility index (Phi) is 3.21. The minimum Gasteiger partial charge on any atom is -0.497 e.